The summed E-state index contributed by atoms with van der Waals surface area (Å²) < 4.78 is 26.4. The highest BCUT2D eigenvalue weighted by Gasteiger charge is 2.27. The average Bonchev–Trinajstić information content (AvgIpc) is 2.60. The number of methoxy groups -OCH3 is 4. The topological polar surface area (TPSA) is 108 Å². The van der Waals surface area contributed by atoms with E-state index in [4.69, 9.17) is 23.4 Å². The van der Waals surface area contributed by atoms with Gasteiger partial charge in [-0.25, -0.2) is 0 Å². The molecule has 0 aliphatic rings. The fourth-order valence-electron chi connectivity index (χ4n) is 2.76. The van der Waals surface area contributed by atoms with E-state index < -0.39 is 5.43 Å². The SMILES string of the molecule is COc1cc(O)c2c(=O)c3c(OC)c(OC)c(O)c(OC)c3oc2c1. The Morgan fingerprint density at radius 1 is 0.840 bits per heavy atom. The molecule has 3 aromatic rings. The zero-order valence-electron chi connectivity index (χ0n) is 14.0. The molecule has 132 valence electrons. The lowest BCUT2D eigenvalue weighted by Gasteiger charge is -2.16. The standard InChI is InChI=1S/C17H16O8/c1-21-7-5-8(18)10-9(6-7)25-15-11(12(10)19)14(22-2)16(23-3)13(20)17(15)24-4/h5-6,18,20H,1-4H3. The molecule has 0 unspecified atom stereocenters. The van der Waals surface area contributed by atoms with Crippen LogP contribution in [0.5, 0.6) is 34.5 Å². The monoisotopic (exact) mass is 348 g/mol. The molecule has 0 aliphatic heterocycles. The van der Waals surface area contributed by atoms with Gasteiger partial charge in [0.15, 0.2) is 11.3 Å². The summed E-state index contributed by atoms with van der Waals surface area (Å²) in [7, 11) is 5.36. The Kier molecular flexibility index (Phi) is 3.96. The van der Waals surface area contributed by atoms with Gasteiger partial charge in [-0.1, -0.05) is 0 Å². The van der Waals surface area contributed by atoms with Gasteiger partial charge in [-0.2, -0.15) is 0 Å². The van der Waals surface area contributed by atoms with E-state index >= 15 is 0 Å². The third kappa shape index (κ3) is 2.25. The molecule has 0 saturated carbocycles. The second-order valence-corrected chi connectivity index (χ2v) is 5.10. The summed E-state index contributed by atoms with van der Waals surface area (Å²) in [6.07, 6.45) is 0. The van der Waals surface area contributed by atoms with Gasteiger partial charge in [-0.15, -0.1) is 0 Å². The van der Waals surface area contributed by atoms with Crippen molar-refractivity contribution in [3.05, 3.63) is 22.4 Å². The molecule has 8 heteroatoms. The van der Waals surface area contributed by atoms with Gasteiger partial charge < -0.3 is 33.6 Å². The van der Waals surface area contributed by atoms with Crippen LogP contribution in [0.25, 0.3) is 21.9 Å². The normalized spacial score (nSPS) is 10.9. The molecular formula is C17H16O8. The minimum Gasteiger partial charge on any atom is -0.507 e. The van der Waals surface area contributed by atoms with Crippen molar-refractivity contribution in [3.8, 4) is 34.5 Å². The number of phenolic OH excluding ortho intramolecular Hbond substituents is 2. The number of phenols is 2. The maximum atomic E-state index is 13.0. The van der Waals surface area contributed by atoms with Gasteiger partial charge in [0.2, 0.25) is 22.7 Å². The summed E-state index contributed by atoms with van der Waals surface area (Å²) in [5.41, 5.74) is -0.535. The lowest BCUT2D eigenvalue weighted by Crippen LogP contribution is -2.07. The maximum absolute atomic E-state index is 13.0. The van der Waals surface area contributed by atoms with Gasteiger partial charge >= 0.3 is 0 Å². The molecule has 1 heterocycles. The van der Waals surface area contributed by atoms with Crippen LogP contribution in [0.4, 0.5) is 0 Å². The highest BCUT2D eigenvalue weighted by molar-refractivity contribution is 6.01. The average molecular weight is 348 g/mol. The Labute approximate surface area is 141 Å². The first-order valence-electron chi connectivity index (χ1n) is 7.16. The second kappa shape index (κ2) is 5.97. The minimum absolute atomic E-state index is 0.0260. The first-order valence-corrected chi connectivity index (χ1v) is 7.16. The van der Waals surface area contributed by atoms with E-state index in [1.165, 1.54) is 40.6 Å². The van der Waals surface area contributed by atoms with Crippen LogP contribution in [0.1, 0.15) is 0 Å². The molecule has 0 amide bonds. The van der Waals surface area contributed by atoms with Crippen molar-refractivity contribution in [2.75, 3.05) is 28.4 Å². The first kappa shape index (κ1) is 16.6. The molecule has 8 nitrogen and oxygen atoms in total. The maximum Gasteiger partial charge on any atom is 0.208 e. The third-order valence-corrected chi connectivity index (χ3v) is 3.87. The quantitative estimate of drug-likeness (QED) is 0.692. The molecule has 3 rings (SSSR count). The number of benzene rings is 2. The largest absolute Gasteiger partial charge is 0.507 e. The van der Waals surface area contributed by atoms with Gasteiger partial charge in [-0.3, -0.25) is 4.79 Å². The Morgan fingerprint density at radius 2 is 1.48 bits per heavy atom. The Bertz CT molecular complexity index is 1030. The smallest absolute Gasteiger partial charge is 0.208 e. The molecule has 0 spiro atoms. The summed E-state index contributed by atoms with van der Waals surface area (Å²) >= 11 is 0. The Balaban J connectivity index is 2.64. The molecule has 0 aliphatic carbocycles. The summed E-state index contributed by atoms with van der Waals surface area (Å²) in [5.74, 6) is -0.569. The molecule has 0 atom stereocenters. The summed E-state index contributed by atoms with van der Waals surface area (Å²) in [5, 5.41) is 20.5. The number of rotatable bonds is 4. The van der Waals surface area contributed by atoms with Crippen molar-refractivity contribution in [1.29, 1.82) is 0 Å². The predicted octanol–water partition coefficient (Wildman–Crippen LogP) is 2.39. The number of hydrogen-bond donors (Lipinski definition) is 2. The highest BCUT2D eigenvalue weighted by Crippen LogP contribution is 2.50. The molecule has 0 saturated heterocycles. The van der Waals surface area contributed by atoms with Crippen molar-refractivity contribution in [2.45, 2.75) is 0 Å². The van der Waals surface area contributed by atoms with E-state index in [9.17, 15) is 15.0 Å². The van der Waals surface area contributed by atoms with Gasteiger partial charge in [-0.05, 0) is 0 Å². The van der Waals surface area contributed by atoms with Crippen LogP contribution in [-0.4, -0.2) is 38.7 Å². The number of hydrogen-bond acceptors (Lipinski definition) is 8. The minimum atomic E-state index is -0.565. The van der Waals surface area contributed by atoms with Crippen LogP contribution in [0.15, 0.2) is 21.3 Å². The van der Waals surface area contributed by atoms with Crippen LogP contribution >= 0.6 is 0 Å². The number of aromatic hydroxyl groups is 2. The van der Waals surface area contributed by atoms with Crippen LogP contribution in [0, 0.1) is 0 Å². The van der Waals surface area contributed by atoms with Gasteiger partial charge in [0.05, 0.1) is 28.4 Å². The second-order valence-electron chi connectivity index (χ2n) is 5.10. The van der Waals surface area contributed by atoms with Crippen molar-refractivity contribution in [2.24, 2.45) is 0 Å². The molecular weight excluding hydrogens is 332 g/mol. The van der Waals surface area contributed by atoms with E-state index in [-0.39, 0.29) is 50.7 Å². The molecule has 0 fully saturated rings. The van der Waals surface area contributed by atoms with Crippen LogP contribution < -0.4 is 24.4 Å². The molecule has 2 aromatic carbocycles. The lowest BCUT2D eigenvalue weighted by molar-refractivity contribution is 0.317. The highest BCUT2D eigenvalue weighted by atomic mass is 16.5. The van der Waals surface area contributed by atoms with Crippen LogP contribution in [-0.2, 0) is 0 Å². The van der Waals surface area contributed by atoms with Gasteiger partial charge in [0.25, 0.3) is 0 Å². The molecule has 2 N–H and O–H groups in total. The zero-order chi connectivity index (χ0) is 18.3. The van der Waals surface area contributed by atoms with E-state index in [0.717, 1.165) is 0 Å². The summed E-state index contributed by atoms with van der Waals surface area (Å²) in [4.78, 5) is 13.0. The van der Waals surface area contributed by atoms with Crippen LogP contribution in [0.2, 0.25) is 0 Å². The van der Waals surface area contributed by atoms with E-state index in [2.05, 4.69) is 0 Å². The van der Waals surface area contributed by atoms with E-state index in [1.807, 2.05) is 0 Å². The zero-order valence-corrected chi connectivity index (χ0v) is 14.0. The Hall–Kier alpha value is -3.29. The van der Waals surface area contributed by atoms with Crippen molar-refractivity contribution in [1.82, 2.24) is 0 Å². The van der Waals surface area contributed by atoms with E-state index in [0.29, 0.717) is 5.75 Å². The molecule has 0 radical (unpaired) electrons. The van der Waals surface area contributed by atoms with Crippen LogP contribution in [0.3, 0.4) is 0 Å². The first-order chi connectivity index (χ1) is 12.0. The number of fused-ring (bicyclic) bond motifs is 2. The molecule has 25 heavy (non-hydrogen) atoms. The van der Waals surface area contributed by atoms with Gasteiger partial charge in [0.1, 0.15) is 27.9 Å². The molecule has 1 aromatic heterocycles. The predicted molar refractivity (Wildman–Crippen MR) is 89.5 cm³/mol. The summed E-state index contributed by atoms with van der Waals surface area (Å²) in [6.45, 7) is 0. The third-order valence-electron chi connectivity index (χ3n) is 3.87. The van der Waals surface area contributed by atoms with Crippen molar-refractivity contribution in [3.63, 3.8) is 0 Å². The fourth-order valence-corrected chi connectivity index (χ4v) is 2.76. The molecule has 0 bridgehead atoms. The van der Waals surface area contributed by atoms with Gasteiger partial charge in [0, 0.05) is 12.1 Å². The number of ether oxygens (including phenoxy) is 4. The summed E-state index contributed by atoms with van der Waals surface area (Å²) in [6, 6.07) is 2.75. The van der Waals surface area contributed by atoms with Crippen molar-refractivity contribution >= 4 is 21.9 Å². The lowest BCUT2D eigenvalue weighted by atomic mass is 10.1. The Morgan fingerprint density at radius 3 is 2.04 bits per heavy atom. The fraction of sp³-hybridized carbons (Fsp3) is 0.235. The van der Waals surface area contributed by atoms with Crippen molar-refractivity contribution < 1.29 is 33.6 Å². The van der Waals surface area contributed by atoms with E-state index in [1.54, 1.807) is 0 Å².